The summed E-state index contributed by atoms with van der Waals surface area (Å²) in [5.41, 5.74) is 2.04. The number of thiol groups is 1. The first-order valence-corrected chi connectivity index (χ1v) is 9.44. The number of imide groups is 1. The molecule has 1 atom stereocenters. The van der Waals surface area contributed by atoms with E-state index in [9.17, 15) is 9.59 Å². The van der Waals surface area contributed by atoms with Gasteiger partial charge in [0, 0.05) is 24.8 Å². The van der Waals surface area contributed by atoms with Crippen molar-refractivity contribution < 1.29 is 14.3 Å². The smallest absolute Gasteiger partial charge is 0.249 e. The van der Waals surface area contributed by atoms with Crippen molar-refractivity contribution >= 4 is 35.8 Å². The first kappa shape index (κ1) is 16.6. The average molecular weight is 361 g/mol. The molecule has 3 heterocycles. The highest BCUT2D eigenvalue weighted by molar-refractivity contribution is 7.80. The lowest BCUT2D eigenvalue weighted by molar-refractivity contribution is -0.134. The summed E-state index contributed by atoms with van der Waals surface area (Å²) in [6, 6.07) is 5.81. The van der Waals surface area contributed by atoms with E-state index < -0.39 is 0 Å². The molecule has 0 bridgehead atoms. The van der Waals surface area contributed by atoms with Gasteiger partial charge in [0.2, 0.25) is 11.8 Å². The molecule has 0 aromatic heterocycles. The van der Waals surface area contributed by atoms with E-state index >= 15 is 0 Å². The maximum Gasteiger partial charge on any atom is 0.249 e. The maximum absolute atomic E-state index is 12.3. The van der Waals surface area contributed by atoms with Crippen LogP contribution in [0, 0.1) is 0 Å². The zero-order valence-corrected chi connectivity index (χ0v) is 15.0. The topological polar surface area (TPSA) is 61.9 Å². The fourth-order valence-corrected chi connectivity index (χ4v) is 4.14. The van der Waals surface area contributed by atoms with Gasteiger partial charge in [-0.2, -0.15) is 12.6 Å². The van der Waals surface area contributed by atoms with Gasteiger partial charge in [0.15, 0.2) is 5.75 Å². The molecule has 1 aromatic rings. The number of ether oxygens (including phenoxy) is 1. The number of hydrogen-bond acceptors (Lipinski definition) is 6. The van der Waals surface area contributed by atoms with E-state index in [1.165, 1.54) is 0 Å². The maximum atomic E-state index is 12.3. The van der Waals surface area contributed by atoms with E-state index in [-0.39, 0.29) is 17.9 Å². The standard InChI is InChI=1S/C18H23N3O3S/c22-16-5-4-15(18(23)19-16)21-10-11-24-17-13(2-1-3-14(17)21)20-8-6-12(25)7-9-20/h1-3,12,15,25H,4-11H2,(H,19,22,23). The summed E-state index contributed by atoms with van der Waals surface area (Å²) in [6.07, 6.45) is 3.06. The monoisotopic (exact) mass is 361 g/mol. The number of fused-ring (bicyclic) bond motifs is 1. The Morgan fingerprint density at radius 2 is 1.84 bits per heavy atom. The predicted molar refractivity (Wildman–Crippen MR) is 99.7 cm³/mol. The van der Waals surface area contributed by atoms with Crippen LogP contribution in [0.2, 0.25) is 0 Å². The Labute approximate surface area is 152 Å². The largest absolute Gasteiger partial charge is 0.487 e. The molecule has 0 saturated carbocycles. The second-order valence-electron chi connectivity index (χ2n) is 6.85. The number of carbonyl (C=O) groups excluding carboxylic acids is 2. The summed E-state index contributed by atoms with van der Waals surface area (Å²) in [6.45, 7) is 3.13. The van der Waals surface area contributed by atoms with Gasteiger partial charge in [-0.3, -0.25) is 14.9 Å². The number of nitrogens with one attached hydrogen (secondary N) is 1. The number of piperidine rings is 2. The van der Waals surface area contributed by atoms with Crippen LogP contribution in [0.4, 0.5) is 11.4 Å². The molecule has 2 fully saturated rings. The van der Waals surface area contributed by atoms with Crippen LogP contribution in [0.15, 0.2) is 18.2 Å². The van der Waals surface area contributed by atoms with Gasteiger partial charge >= 0.3 is 0 Å². The quantitative estimate of drug-likeness (QED) is 0.619. The number of benzene rings is 1. The summed E-state index contributed by atoms with van der Waals surface area (Å²) in [5, 5.41) is 2.93. The van der Waals surface area contributed by atoms with Gasteiger partial charge < -0.3 is 14.5 Å². The van der Waals surface area contributed by atoms with Gasteiger partial charge in [-0.25, -0.2) is 0 Å². The van der Waals surface area contributed by atoms with Gasteiger partial charge in [-0.05, 0) is 31.4 Å². The molecular weight excluding hydrogens is 338 g/mol. The van der Waals surface area contributed by atoms with E-state index in [0.717, 1.165) is 43.1 Å². The van der Waals surface area contributed by atoms with Gasteiger partial charge in [0.25, 0.3) is 0 Å². The molecule has 1 unspecified atom stereocenters. The molecule has 134 valence electrons. The van der Waals surface area contributed by atoms with E-state index in [4.69, 9.17) is 4.74 Å². The van der Waals surface area contributed by atoms with Gasteiger partial charge in [0.05, 0.1) is 17.9 Å². The molecule has 7 heteroatoms. The lowest BCUT2D eigenvalue weighted by Crippen LogP contribution is -2.54. The van der Waals surface area contributed by atoms with Crippen LogP contribution in [0.1, 0.15) is 25.7 Å². The van der Waals surface area contributed by atoms with Crippen molar-refractivity contribution in [3.63, 3.8) is 0 Å². The second kappa shape index (κ2) is 6.78. The van der Waals surface area contributed by atoms with Gasteiger partial charge in [0.1, 0.15) is 12.6 Å². The highest BCUT2D eigenvalue weighted by Gasteiger charge is 2.35. The molecule has 2 saturated heterocycles. The molecule has 3 aliphatic rings. The van der Waals surface area contributed by atoms with E-state index in [1.54, 1.807) is 0 Å². The number of para-hydroxylation sites is 1. The third kappa shape index (κ3) is 3.17. The summed E-state index contributed by atoms with van der Waals surface area (Å²) >= 11 is 4.58. The van der Waals surface area contributed by atoms with Crippen LogP contribution in [-0.4, -0.2) is 49.3 Å². The first-order valence-electron chi connectivity index (χ1n) is 8.92. The number of anilines is 2. The second-order valence-corrected chi connectivity index (χ2v) is 7.58. The molecule has 4 rings (SSSR count). The summed E-state index contributed by atoms with van der Waals surface area (Å²) in [7, 11) is 0. The number of hydrogen-bond donors (Lipinski definition) is 2. The van der Waals surface area contributed by atoms with E-state index in [2.05, 4.69) is 33.8 Å². The van der Waals surface area contributed by atoms with Crippen molar-refractivity contribution in [2.24, 2.45) is 0 Å². The fourth-order valence-electron chi connectivity index (χ4n) is 3.91. The number of rotatable bonds is 2. The van der Waals surface area contributed by atoms with Gasteiger partial charge in [-0.15, -0.1) is 0 Å². The zero-order chi connectivity index (χ0) is 17.4. The number of nitrogens with zero attached hydrogens (tertiary/aromatic N) is 2. The minimum atomic E-state index is -0.307. The summed E-state index contributed by atoms with van der Waals surface area (Å²) in [4.78, 5) is 28.2. The molecular formula is C18H23N3O3S. The van der Waals surface area contributed by atoms with Crippen molar-refractivity contribution in [2.75, 3.05) is 36.0 Å². The fraction of sp³-hybridized carbons (Fsp3) is 0.556. The lowest BCUT2D eigenvalue weighted by atomic mass is 10.0. The Morgan fingerprint density at radius 3 is 2.60 bits per heavy atom. The van der Waals surface area contributed by atoms with Crippen LogP contribution in [0.3, 0.4) is 0 Å². The minimum Gasteiger partial charge on any atom is -0.487 e. The Balaban J connectivity index is 1.63. The molecule has 0 spiro atoms. The first-order chi connectivity index (χ1) is 12.1. The molecule has 0 radical (unpaired) electrons. The molecule has 1 N–H and O–H groups in total. The van der Waals surface area contributed by atoms with Crippen LogP contribution in [-0.2, 0) is 9.59 Å². The molecule has 3 aliphatic heterocycles. The number of carbonyl (C=O) groups is 2. The number of amides is 2. The van der Waals surface area contributed by atoms with Crippen LogP contribution < -0.4 is 19.9 Å². The van der Waals surface area contributed by atoms with Crippen LogP contribution in [0.5, 0.6) is 5.75 Å². The van der Waals surface area contributed by atoms with Crippen molar-refractivity contribution in [1.82, 2.24) is 5.32 Å². The Hall–Kier alpha value is -1.89. The van der Waals surface area contributed by atoms with Crippen LogP contribution >= 0.6 is 12.6 Å². The third-order valence-electron chi connectivity index (χ3n) is 5.25. The highest BCUT2D eigenvalue weighted by Crippen LogP contribution is 2.42. The van der Waals surface area contributed by atoms with Crippen molar-refractivity contribution in [2.45, 2.75) is 37.0 Å². The van der Waals surface area contributed by atoms with Crippen molar-refractivity contribution in [3.8, 4) is 5.75 Å². The minimum absolute atomic E-state index is 0.182. The van der Waals surface area contributed by atoms with E-state index in [0.29, 0.717) is 31.2 Å². The summed E-state index contributed by atoms with van der Waals surface area (Å²) in [5.74, 6) is 0.472. The highest BCUT2D eigenvalue weighted by atomic mass is 32.1. The summed E-state index contributed by atoms with van der Waals surface area (Å²) < 4.78 is 6.01. The van der Waals surface area contributed by atoms with Crippen LogP contribution in [0.25, 0.3) is 0 Å². The average Bonchev–Trinajstić information content (AvgIpc) is 2.62. The zero-order valence-electron chi connectivity index (χ0n) is 14.1. The van der Waals surface area contributed by atoms with Gasteiger partial charge in [-0.1, -0.05) is 6.07 Å². The predicted octanol–water partition coefficient (Wildman–Crippen LogP) is 1.59. The molecule has 2 amide bonds. The third-order valence-corrected chi connectivity index (χ3v) is 5.77. The van der Waals surface area contributed by atoms with E-state index in [1.807, 2.05) is 12.1 Å². The Kier molecular flexibility index (Phi) is 4.50. The lowest BCUT2D eigenvalue weighted by Gasteiger charge is -2.40. The molecule has 1 aromatic carbocycles. The van der Waals surface area contributed by atoms with Crippen molar-refractivity contribution in [3.05, 3.63) is 18.2 Å². The van der Waals surface area contributed by atoms with Crippen molar-refractivity contribution in [1.29, 1.82) is 0 Å². The molecule has 6 nitrogen and oxygen atoms in total. The Morgan fingerprint density at radius 1 is 1.08 bits per heavy atom. The SMILES string of the molecule is O=C1CCC(N2CCOc3c(N4CCC(S)CC4)cccc32)C(=O)N1. The Bertz CT molecular complexity index is 688. The molecule has 25 heavy (non-hydrogen) atoms. The normalized spacial score (nSPS) is 24.6. The molecule has 0 aliphatic carbocycles.